The van der Waals surface area contributed by atoms with Crippen molar-refractivity contribution in [3.63, 3.8) is 0 Å². The molecular weight excluding hydrogens is 410 g/mol. The van der Waals surface area contributed by atoms with Gasteiger partial charge in [0.15, 0.2) is 0 Å². The monoisotopic (exact) mass is 445 g/mol. The van der Waals surface area contributed by atoms with E-state index in [0.717, 1.165) is 74.5 Å². The molecule has 1 aromatic heterocycles. The Balaban J connectivity index is 1.31. The van der Waals surface area contributed by atoms with Crippen LogP contribution in [-0.4, -0.2) is 70.6 Å². The first kappa shape index (κ1) is 22.0. The lowest BCUT2D eigenvalue weighted by atomic mass is 9.95. The van der Waals surface area contributed by atoms with Gasteiger partial charge in [-0.3, -0.25) is 9.69 Å². The molecule has 0 bridgehead atoms. The van der Waals surface area contributed by atoms with Crippen molar-refractivity contribution in [2.45, 2.75) is 32.7 Å². The van der Waals surface area contributed by atoms with Crippen LogP contribution in [0.4, 0.5) is 5.69 Å². The fraction of sp³-hybridized carbons (Fsp3) is 0.481. The maximum atomic E-state index is 13.3. The van der Waals surface area contributed by atoms with Gasteiger partial charge in [-0.15, -0.1) is 0 Å². The van der Waals surface area contributed by atoms with Crippen LogP contribution in [0.3, 0.4) is 0 Å². The first-order valence-corrected chi connectivity index (χ1v) is 12.3. The highest BCUT2D eigenvalue weighted by molar-refractivity contribution is 5.82. The molecule has 2 aliphatic rings. The third-order valence-corrected chi connectivity index (χ3v) is 7.38. The average molecular weight is 446 g/mol. The number of fused-ring (bicyclic) bond motifs is 1. The lowest BCUT2D eigenvalue weighted by molar-refractivity contribution is -0.137. The Morgan fingerprint density at radius 1 is 1.00 bits per heavy atom. The number of rotatable bonds is 4. The molecule has 0 aliphatic carbocycles. The molecule has 1 amide bonds. The number of nitrogens with zero attached hydrogens (tertiary/aromatic N) is 5. The predicted octanol–water partition coefficient (Wildman–Crippen LogP) is 4.01. The average Bonchev–Trinajstić information content (AvgIpc) is 3.20. The first-order valence-electron chi connectivity index (χ1n) is 12.3. The highest BCUT2D eigenvalue weighted by Gasteiger charge is 2.31. The lowest BCUT2D eigenvalue weighted by Gasteiger charge is -2.40. The molecule has 0 N–H and O–H groups in total. The normalized spacial score (nSPS) is 20.1. The molecule has 33 heavy (non-hydrogen) atoms. The van der Waals surface area contributed by atoms with Crippen molar-refractivity contribution in [1.82, 2.24) is 19.4 Å². The zero-order valence-corrected chi connectivity index (χ0v) is 20.1. The molecule has 6 heteroatoms. The Labute approximate surface area is 196 Å². The summed E-state index contributed by atoms with van der Waals surface area (Å²) in [4.78, 5) is 25.1. The standard InChI is InChI=1S/C27H35N5O/c1-20(2)30-14-16-31(17-15-30)27(33)22-9-7-13-32(19-22)23-10-6-8-21(18-23)26-28-24-11-4-5-12-25(24)29(26)3/h4-6,8,10-12,18,20,22H,7,9,13-17,19H2,1-3H3/t22-/m1/s1. The van der Waals surface area contributed by atoms with Crippen LogP contribution in [0.25, 0.3) is 22.4 Å². The Kier molecular flexibility index (Phi) is 6.11. The minimum Gasteiger partial charge on any atom is -0.371 e. The van der Waals surface area contributed by atoms with Crippen molar-refractivity contribution in [1.29, 1.82) is 0 Å². The van der Waals surface area contributed by atoms with Crippen molar-refractivity contribution in [3.05, 3.63) is 48.5 Å². The highest BCUT2D eigenvalue weighted by atomic mass is 16.2. The molecule has 0 unspecified atom stereocenters. The second-order valence-electron chi connectivity index (χ2n) is 9.77. The zero-order chi connectivity index (χ0) is 22.9. The summed E-state index contributed by atoms with van der Waals surface area (Å²) >= 11 is 0. The second-order valence-corrected chi connectivity index (χ2v) is 9.77. The summed E-state index contributed by atoms with van der Waals surface area (Å²) in [6, 6.07) is 17.4. The minimum atomic E-state index is 0.0868. The third-order valence-electron chi connectivity index (χ3n) is 7.38. The highest BCUT2D eigenvalue weighted by Crippen LogP contribution is 2.30. The number of anilines is 1. The van der Waals surface area contributed by atoms with Gasteiger partial charge in [0.1, 0.15) is 5.82 Å². The van der Waals surface area contributed by atoms with Gasteiger partial charge in [-0.05, 0) is 51.0 Å². The summed E-state index contributed by atoms with van der Waals surface area (Å²) in [6.07, 6.45) is 2.04. The van der Waals surface area contributed by atoms with Crippen LogP contribution >= 0.6 is 0 Å². The van der Waals surface area contributed by atoms with Crippen molar-refractivity contribution in [2.75, 3.05) is 44.2 Å². The smallest absolute Gasteiger partial charge is 0.227 e. The molecule has 0 saturated carbocycles. The van der Waals surface area contributed by atoms with E-state index in [1.165, 1.54) is 5.69 Å². The van der Waals surface area contributed by atoms with Crippen LogP contribution in [0.1, 0.15) is 26.7 Å². The number of carbonyl (C=O) groups excluding carboxylic acids is 1. The van der Waals surface area contributed by atoms with E-state index in [0.29, 0.717) is 11.9 Å². The van der Waals surface area contributed by atoms with Gasteiger partial charge in [-0.1, -0.05) is 24.3 Å². The molecule has 6 nitrogen and oxygen atoms in total. The van der Waals surface area contributed by atoms with E-state index in [-0.39, 0.29) is 5.92 Å². The minimum absolute atomic E-state index is 0.0868. The summed E-state index contributed by atoms with van der Waals surface area (Å²) in [5.74, 6) is 1.41. The summed E-state index contributed by atoms with van der Waals surface area (Å²) < 4.78 is 2.16. The molecule has 174 valence electrons. The Morgan fingerprint density at radius 3 is 2.55 bits per heavy atom. The summed E-state index contributed by atoms with van der Waals surface area (Å²) in [7, 11) is 2.08. The number of benzene rings is 2. The number of hydrogen-bond acceptors (Lipinski definition) is 4. The van der Waals surface area contributed by atoms with E-state index >= 15 is 0 Å². The lowest BCUT2D eigenvalue weighted by Crippen LogP contribution is -2.53. The Morgan fingerprint density at radius 2 is 1.79 bits per heavy atom. The molecule has 2 aliphatic heterocycles. The molecule has 5 rings (SSSR count). The number of piperazine rings is 1. The van der Waals surface area contributed by atoms with Crippen LogP contribution in [0, 0.1) is 5.92 Å². The number of carbonyl (C=O) groups is 1. The SMILES string of the molecule is CC(C)N1CCN(C(=O)[C@@H]2CCCN(c3cccc(-c4nc5ccccc5n4C)c3)C2)CC1. The molecule has 3 heterocycles. The van der Waals surface area contributed by atoms with Crippen LogP contribution in [0.5, 0.6) is 0 Å². The number of imidazole rings is 1. The molecule has 2 fully saturated rings. The molecular formula is C27H35N5O. The maximum absolute atomic E-state index is 13.3. The van der Waals surface area contributed by atoms with Crippen LogP contribution in [-0.2, 0) is 11.8 Å². The van der Waals surface area contributed by atoms with Gasteiger partial charge in [0, 0.05) is 63.6 Å². The molecule has 2 aromatic carbocycles. The van der Waals surface area contributed by atoms with Gasteiger partial charge in [0.25, 0.3) is 0 Å². The third kappa shape index (κ3) is 4.36. The van der Waals surface area contributed by atoms with E-state index in [1.54, 1.807) is 0 Å². The topological polar surface area (TPSA) is 44.6 Å². The Hall–Kier alpha value is -2.86. The number of aryl methyl sites for hydroxylation is 1. The quantitative estimate of drug-likeness (QED) is 0.609. The van der Waals surface area contributed by atoms with Gasteiger partial charge in [-0.25, -0.2) is 4.98 Å². The maximum Gasteiger partial charge on any atom is 0.227 e. The van der Waals surface area contributed by atoms with Gasteiger partial charge < -0.3 is 14.4 Å². The number of para-hydroxylation sites is 2. The summed E-state index contributed by atoms with van der Waals surface area (Å²) in [5, 5.41) is 0. The van der Waals surface area contributed by atoms with Gasteiger partial charge in [0.2, 0.25) is 5.91 Å². The fourth-order valence-corrected chi connectivity index (χ4v) is 5.38. The van der Waals surface area contributed by atoms with E-state index in [1.807, 2.05) is 6.07 Å². The van der Waals surface area contributed by atoms with E-state index in [2.05, 4.69) is 82.6 Å². The van der Waals surface area contributed by atoms with Crippen molar-refractivity contribution in [2.24, 2.45) is 13.0 Å². The molecule has 2 saturated heterocycles. The van der Waals surface area contributed by atoms with Crippen LogP contribution in [0.15, 0.2) is 48.5 Å². The fourth-order valence-electron chi connectivity index (χ4n) is 5.38. The molecule has 0 spiro atoms. The number of amides is 1. The van der Waals surface area contributed by atoms with Gasteiger partial charge in [0.05, 0.1) is 17.0 Å². The van der Waals surface area contributed by atoms with Crippen molar-refractivity contribution < 1.29 is 4.79 Å². The molecule has 3 aromatic rings. The second kappa shape index (κ2) is 9.18. The van der Waals surface area contributed by atoms with E-state index < -0.39 is 0 Å². The van der Waals surface area contributed by atoms with Gasteiger partial charge >= 0.3 is 0 Å². The number of hydrogen-bond donors (Lipinski definition) is 0. The van der Waals surface area contributed by atoms with Crippen LogP contribution < -0.4 is 4.90 Å². The first-order chi connectivity index (χ1) is 16.0. The van der Waals surface area contributed by atoms with Crippen LogP contribution in [0.2, 0.25) is 0 Å². The molecule has 0 radical (unpaired) electrons. The van der Waals surface area contributed by atoms with E-state index in [9.17, 15) is 4.79 Å². The molecule has 1 atom stereocenters. The summed E-state index contributed by atoms with van der Waals surface area (Å²) in [6.45, 7) is 9.95. The number of piperidine rings is 1. The Bertz CT molecular complexity index is 1130. The van der Waals surface area contributed by atoms with Gasteiger partial charge in [-0.2, -0.15) is 0 Å². The predicted molar refractivity (Wildman–Crippen MR) is 134 cm³/mol. The largest absolute Gasteiger partial charge is 0.371 e. The van der Waals surface area contributed by atoms with Crippen molar-refractivity contribution >= 4 is 22.6 Å². The van der Waals surface area contributed by atoms with E-state index in [4.69, 9.17) is 4.98 Å². The van der Waals surface area contributed by atoms with Crippen molar-refractivity contribution in [3.8, 4) is 11.4 Å². The zero-order valence-electron chi connectivity index (χ0n) is 20.1. The number of aromatic nitrogens is 2. The summed E-state index contributed by atoms with van der Waals surface area (Å²) in [5.41, 5.74) is 4.45.